The highest BCUT2D eigenvalue weighted by Gasteiger charge is 2.33. The number of benzene rings is 2. The zero-order chi connectivity index (χ0) is 21.2. The summed E-state index contributed by atoms with van der Waals surface area (Å²) in [6.45, 7) is 3.94. The average Bonchev–Trinajstić information content (AvgIpc) is 3.43. The number of amides is 1. The molecule has 3 heterocycles. The molecule has 31 heavy (non-hydrogen) atoms. The number of hydrogen-bond donors (Lipinski definition) is 1. The van der Waals surface area contributed by atoms with E-state index in [4.69, 9.17) is 0 Å². The Morgan fingerprint density at radius 2 is 1.97 bits per heavy atom. The van der Waals surface area contributed by atoms with Crippen LogP contribution in [0.1, 0.15) is 24.1 Å². The van der Waals surface area contributed by atoms with Gasteiger partial charge in [0.1, 0.15) is 0 Å². The van der Waals surface area contributed by atoms with Crippen LogP contribution in [0.5, 0.6) is 0 Å². The number of carbonyl (C=O) groups is 1. The van der Waals surface area contributed by atoms with E-state index in [1.54, 1.807) is 6.33 Å². The van der Waals surface area contributed by atoms with Gasteiger partial charge in [-0.2, -0.15) is 0 Å². The van der Waals surface area contributed by atoms with Crippen molar-refractivity contribution in [3.63, 3.8) is 0 Å². The summed E-state index contributed by atoms with van der Waals surface area (Å²) in [6, 6.07) is 17.1. The van der Waals surface area contributed by atoms with Gasteiger partial charge >= 0.3 is 0 Å². The summed E-state index contributed by atoms with van der Waals surface area (Å²) in [7, 11) is 2.07. The third-order valence-electron chi connectivity index (χ3n) is 6.56. The minimum atomic E-state index is 0.0138. The number of likely N-dealkylation sites (tertiary alicyclic amines) is 1. The fourth-order valence-corrected chi connectivity index (χ4v) is 4.84. The second-order valence-corrected chi connectivity index (χ2v) is 8.61. The fraction of sp³-hybridized carbons (Fsp3) is 0.360. The Morgan fingerprint density at radius 1 is 1.10 bits per heavy atom. The van der Waals surface area contributed by atoms with Gasteiger partial charge in [0, 0.05) is 31.5 Å². The maximum Gasteiger partial charge on any atom is 0.240 e. The van der Waals surface area contributed by atoms with Crippen LogP contribution in [0.25, 0.3) is 11.1 Å². The van der Waals surface area contributed by atoms with Crippen LogP contribution in [-0.4, -0.2) is 58.4 Å². The smallest absolute Gasteiger partial charge is 0.240 e. The zero-order valence-corrected chi connectivity index (χ0v) is 18.0. The van der Waals surface area contributed by atoms with E-state index in [-0.39, 0.29) is 11.9 Å². The van der Waals surface area contributed by atoms with E-state index in [1.807, 2.05) is 12.3 Å². The summed E-state index contributed by atoms with van der Waals surface area (Å²) in [5.74, 6) is 0.263. The molecule has 0 bridgehead atoms. The van der Waals surface area contributed by atoms with E-state index < -0.39 is 0 Å². The van der Waals surface area contributed by atoms with Crippen LogP contribution in [-0.2, 0) is 17.9 Å². The molecule has 1 saturated heterocycles. The Hall–Kier alpha value is -3.12. The topological polar surface area (TPSA) is 55.5 Å². The Labute approximate surface area is 183 Å². The van der Waals surface area contributed by atoms with Crippen LogP contribution in [0.15, 0.2) is 61.1 Å². The lowest BCUT2D eigenvalue weighted by molar-refractivity contribution is -0.136. The summed E-state index contributed by atoms with van der Waals surface area (Å²) < 4.78 is 0. The Balaban J connectivity index is 1.48. The Kier molecular flexibility index (Phi) is 5.47. The number of fused-ring (bicyclic) bond motifs is 1. The normalized spacial score (nSPS) is 19.3. The number of aromatic amines is 1. The van der Waals surface area contributed by atoms with Gasteiger partial charge in [0.15, 0.2) is 0 Å². The molecule has 1 N–H and O–H groups in total. The number of hydrogen-bond acceptors (Lipinski definition) is 4. The van der Waals surface area contributed by atoms with Crippen LogP contribution in [0.3, 0.4) is 0 Å². The number of H-pyrrole nitrogens is 1. The molecule has 2 aromatic carbocycles. The van der Waals surface area contributed by atoms with Gasteiger partial charge in [-0.15, -0.1) is 0 Å². The minimum Gasteiger partial charge on any atom is -0.364 e. The molecule has 6 heteroatoms. The predicted molar refractivity (Wildman–Crippen MR) is 123 cm³/mol. The summed E-state index contributed by atoms with van der Waals surface area (Å²) in [4.78, 5) is 27.4. The largest absolute Gasteiger partial charge is 0.364 e. The molecule has 1 aromatic heterocycles. The standard InChI is InChI=1S/C25H29N5O/c1-28-11-5-8-24(28)25(31)30-13-12-29(17-22-15-26-18-27-22)23-10-9-20(14-21(23)16-30)19-6-3-2-4-7-19/h2-4,6-7,9-10,14-15,18,24H,5,8,11-13,16-17H2,1H3,(H,26,27). The number of nitrogens with one attached hydrogen (secondary N) is 1. The molecule has 0 spiro atoms. The van der Waals surface area contributed by atoms with Gasteiger partial charge in [-0.1, -0.05) is 36.4 Å². The highest BCUT2D eigenvalue weighted by molar-refractivity contribution is 5.83. The van der Waals surface area contributed by atoms with Gasteiger partial charge in [0.25, 0.3) is 0 Å². The lowest BCUT2D eigenvalue weighted by Gasteiger charge is -2.28. The van der Waals surface area contributed by atoms with E-state index in [0.29, 0.717) is 6.54 Å². The van der Waals surface area contributed by atoms with Crippen LogP contribution < -0.4 is 4.90 Å². The second-order valence-electron chi connectivity index (χ2n) is 8.61. The molecule has 0 aliphatic carbocycles. The lowest BCUT2D eigenvalue weighted by Crippen LogP contribution is -2.45. The van der Waals surface area contributed by atoms with E-state index >= 15 is 0 Å². The molecule has 1 unspecified atom stereocenters. The molecule has 6 nitrogen and oxygen atoms in total. The first-order chi connectivity index (χ1) is 15.2. The first kappa shape index (κ1) is 19.8. The Morgan fingerprint density at radius 3 is 2.71 bits per heavy atom. The SMILES string of the molecule is CN1CCCC1C(=O)N1CCN(Cc2cnc[nH]2)c2ccc(-c3ccccc3)cc2C1. The molecule has 2 aliphatic heterocycles. The third-order valence-corrected chi connectivity index (χ3v) is 6.56. The van der Waals surface area contributed by atoms with E-state index in [1.165, 1.54) is 22.4 Å². The van der Waals surface area contributed by atoms with Crippen LogP contribution in [0, 0.1) is 0 Å². The monoisotopic (exact) mass is 415 g/mol. The number of carbonyl (C=O) groups excluding carboxylic acids is 1. The van der Waals surface area contributed by atoms with Crippen molar-refractivity contribution in [2.75, 3.05) is 31.6 Å². The van der Waals surface area contributed by atoms with Gasteiger partial charge in [-0.05, 0) is 55.3 Å². The van der Waals surface area contributed by atoms with Gasteiger partial charge in [0.2, 0.25) is 5.91 Å². The maximum atomic E-state index is 13.4. The van der Waals surface area contributed by atoms with E-state index in [0.717, 1.165) is 44.7 Å². The van der Waals surface area contributed by atoms with Crippen molar-refractivity contribution in [3.8, 4) is 11.1 Å². The highest BCUT2D eigenvalue weighted by atomic mass is 16.2. The molecular formula is C25H29N5O. The fourth-order valence-electron chi connectivity index (χ4n) is 4.84. The van der Waals surface area contributed by atoms with E-state index in [9.17, 15) is 4.79 Å². The number of likely N-dealkylation sites (N-methyl/N-ethyl adjacent to an activating group) is 1. The van der Waals surface area contributed by atoms with Crippen LogP contribution >= 0.6 is 0 Å². The average molecular weight is 416 g/mol. The summed E-state index contributed by atoms with van der Waals surface area (Å²) in [5, 5.41) is 0. The van der Waals surface area contributed by atoms with Crippen LogP contribution in [0.2, 0.25) is 0 Å². The maximum absolute atomic E-state index is 13.4. The molecule has 5 rings (SSSR count). The minimum absolute atomic E-state index is 0.0138. The second kappa shape index (κ2) is 8.55. The first-order valence-electron chi connectivity index (χ1n) is 11.1. The molecule has 1 atom stereocenters. The van der Waals surface area contributed by atoms with E-state index in [2.05, 4.69) is 74.2 Å². The van der Waals surface area contributed by atoms with Crippen molar-refractivity contribution in [2.45, 2.75) is 32.0 Å². The first-order valence-corrected chi connectivity index (χ1v) is 11.1. The zero-order valence-electron chi connectivity index (χ0n) is 18.0. The number of aromatic nitrogens is 2. The predicted octanol–water partition coefficient (Wildman–Crippen LogP) is 3.52. The van der Waals surface area contributed by atoms with Crippen LogP contribution in [0.4, 0.5) is 5.69 Å². The van der Waals surface area contributed by atoms with Crippen molar-refractivity contribution < 1.29 is 4.79 Å². The van der Waals surface area contributed by atoms with Crippen molar-refractivity contribution in [1.29, 1.82) is 0 Å². The van der Waals surface area contributed by atoms with Crippen molar-refractivity contribution in [1.82, 2.24) is 19.8 Å². The molecule has 3 aromatic rings. The number of imidazole rings is 1. The number of rotatable bonds is 4. The van der Waals surface area contributed by atoms with Gasteiger partial charge in [0.05, 0.1) is 24.6 Å². The molecule has 160 valence electrons. The Bertz CT molecular complexity index is 1030. The van der Waals surface area contributed by atoms with Crippen molar-refractivity contribution in [3.05, 3.63) is 72.3 Å². The van der Waals surface area contributed by atoms with Gasteiger partial charge in [-0.25, -0.2) is 4.98 Å². The molecule has 0 saturated carbocycles. The molecular weight excluding hydrogens is 386 g/mol. The third kappa shape index (κ3) is 4.08. The van der Waals surface area contributed by atoms with Gasteiger partial charge in [-0.3, -0.25) is 9.69 Å². The number of nitrogens with zero attached hydrogens (tertiary/aromatic N) is 4. The summed E-state index contributed by atoms with van der Waals surface area (Å²) in [5.41, 5.74) is 5.86. The molecule has 1 amide bonds. The van der Waals surface area contributed by atoms with Crippen molar-refractivity contribution in [2.24, 2.45) is 0 Å². The molecule has 0 radical (unpaired) electrons. The number of anilines is 1. The van der Waals surface area contributed by atoms with Gasteiger partial charge < -0.3 is 14.8 Å². The molecule has 2 aliphatic rings. The summed E-state index contributed by atoms with van der Waals surface area (Å²) >= 11 is 0. The highest BCUT2D eigenvalue weighted by Crippen LogP contribution is 2.32. The quantitative estimate of drug-likeness (QED) is 0.708. The summed E-state index contributed by atoms with van der Waals surface area (Å²) in [6.07, 6.45) is 5.65. The van der Waals surface area contributed by atoms with Crippen molar-refractivity contribution >= 4 is 11.6 Å². The lowest BCUT2D eigenvalue weighted by atomic mass is 10.0. The molecule has 1 fully saturated rings.